The second-order valence-electron chi connectivity index (χ2n) is 2.06. The van der Waals surface area contributed by atoms with E-state index < -0.39 is 0 Å². The normalized spacial score (nSPS) is 14.0. The van der Waals surface area contributed by atoms with Gasteiger partial charge in [0.2, 0.25) is 0 Å². The zero-order valence-corrected chi connectivity index (χ0v) is 7.03. The highest BCUT2D eigenvalue weighted by Crippen LogP contribution is 2.01. The molecule has 2 heteroatoms. The number of hydrogen-bond donors (Lipinski definition) is 0. The molecule has 9 heavy (non-hydrogen) atoms. The number of hydrogen-bond acceptors (Lipinski definition) is 1. The molecule has 0 saturated heterocycles. The first kappa shape index (κ1) is 8.84. The van der Waals surface area contributed by atoms with Crippen LogP contribution in [0.5, 0.6) is 0 Å². The van der Waals surface area contributed by atoms with Gasteiger partial charge in [0.15, 0.2) is 0 Å². The number of allylic oxidation sites excluding steroid dienone is 1. The van der Waals surface area contributed by atoms with Gasteiger partial charge in [-0.1, -0.05) is 22.2 Å². The van der Waals surface area contributed by atoms with Crippen LogP contribution in [-0.4, -0.2) is 12.5 Å². The first-order chi connectivity index (χ1) is 4.31. The minimum atomic E-state index is 0.596. The molecule has 0 fully saturated rings. The average Bonchev–Trinajstić information content (AvgIpc) is 1.89. The molecule has 0 heterocycles. The molecule has 0 aliphatic rings. The van der Waals surface area contributed by atoms with Crippen molar-refractivity contribution in [3.8, 4) is 0 Å². The first-order valence-electron chi connectivity index (χ1n) is 3.13. The van der Waals surface area contributed by atoms with E-state index in [-0.39, 0.29) is 0 Å². The molecule has 52 valence electrons. The monoisotopic (exact) mass is 143 g/mol. The van der Waals surface area contributed by atoms with Crippen LogP contribution in [0, 0.1) is 5.92 Å². The van der Waals surface area contributed by atoms with Crippen molar-refractivity contribution in [1.82, 2.24) is 0 Å². The van der Waals surface area contributed by atoms with E-state index in [1.165, 1.54) is 0 Å². The van der Waals surface area contributed by atoms with Gasteiger partial charge in [0, 0.05) is 12.5 Å². The Kier molecular flexibility index (Phi) is 5.86. The van der Waals surface area contributed by atoms with Crippen molar-refractivity contribution >= 4 is 15.2 Å². The van der Waals surface area contributed by atoms with Gasteiger partial charge in [-0.3, -0.25) is 4.99 Å². The molecule has 1 nitrogen and oxygen atoms in total. The fourth-order valence-corrected chi connectivity index (χ4v) is 0.620. The van der Waals surface area contributed by atoms with Crippen LogP contribution in [-0.2, 0) is 0 Å². The lowest BCUT2D eigenvalue weighted by Crippen LogP contribution is -1.91. The van der Waals surface area contributed by atoms with Crippen molar-refractivity contribution in [3.63, 3.8) is 0 Å². The van der Waals surface area contributed by atoms with Crippen LogP contribution >= 0.6 is 9.24 Å². The molecule has 0 bridgehead atoms. The largest absolute Gasteiger partial charge is 0.293 e. The second-order valence-corrected chi connectivity index (χ2v) is 2.36. The Morgan fingerprint density at radius 3 is 2.89 bits per heavy atom. The van der Waals surface area contributed by atoms with Crippen molar-refractivity contribution < 1.29 is 0 Å². The van der Waals surface area contributed by atoms with Gasteiger partial charge in [-0.15, -0.1) is 6.58 Å². The van der Waals surface area contributed by atoms with Crippen LogP contribution < -0.4 is 0 Å². The van der Waals surface area contributed by atoms with Crippen LogP contribution in [0.25, 0.3) is 0 Å². The summed E-state index contributed by atoms with van der Waals surface area (Å²) in [6, 6.07) is 0. The molecule has 0 aromatic heterocycles. The van der Waals surface area contributed by atoms with Crippen LogP contribution in [0.4, 0.5) is 0 Å². The minimum absolute atomic E-state index is 0.596. The zero-order valence-electron chi connectivity index (χ0n) is 5.88. The van der Waals surface area contributed by atoms with E-state index in [1.807, 2.05) is 6.08 Å². The molecule has 0 spiro atoms. The lowest BCUT2D eigenvalue weighted by atomic mass is 10.1. The fraction of sp³-hybridized carbons (Fsp3) is 0.571. The van der Waals surface area contributed by atoms with Gasteiger partial charge in [0.25, 0.3) is 0 Å². The predicted octanol–water partition coefficient (Wildman–Crippen LogP) is 2.10. The van der Waals surface area contributed by atoms with Gasteiger partial charge in [-0.25, -0.2) is 0 Å². The number of nitrogens with zero attached hydrogens (tertiary/aromatic N) is 1. The quantitative estimate of drug-likeness (QED) is 0.324. The molecule has 2 atom stereocenters. The standard InChI is InChI=1S/C7H14NP/c1-3-7(2)4-5-8-6-9/h3,6-7H,1,4-5,9H2,2H3. The Morgan fingerprint density at radius 2 is 2.44 bits per heavy atom. The van der Waals surface area contributed by atoms with Crippen LogP contribution in [0.2, 0.25) is 0 Å². The van der Waals surface area contributed by atoms with Crippen molar-refractivity contribution in [2.24, 2.45) is 10.9 Å². The fourth-order valence-electron chi connectivity index (χ4n) is 0.471. The third kappa shape index (κ3) is 5.72. The summed E-state index contributed by atoms with van der Waals surface area (Å²) in [5, 5.41) is 0. The maximum Gasteiger partial charge on any atom is 0.0394 e. The minimum Gasteiger partial charge on any atom is -0.293 e. The van der Waals surface area contributed by atoms with Crippen molar-refractivity contribution in [1.29, 1.82) is 0 Å². The highest BCUT2D eigenvalue weighted by Gasteiger charge is 1.91. The molecule has 0 rings (SSSR count). The summed E-state index contributed by atoms with van der Waals surface area (Å²) in [5.74, 6) is 2.36. The third-order valence-corrected chi connectivity index (χ3v) is 1.43. The van der Waals surface area contributed by atoms with Gasteiger partial charge in [-0.05, 0) is 12.3 Å². The maximum absolute atomic E-state index is 4.05. The molecule has 0 N–H and O–H groups in total. The highest BCUT2D eigenvalue weighted by atomic mass is 31.0. The van der Waals surface area contributed by atoms with Crippen molar-refractivity contribution in [2.75, 3.05) is 6.54 Å². The Morgan fingerprint density at radius 1 is 1.78 bits per heavy atom. The lowest BCUT2D eigenvalue weighted by molar-refractivity contribution is 0.662. The maximum atomic E-state index is 4.05. The summed E-state index contributed by atoms with van der Waals surface area (Å²) in [6.45, 7) is 6.74. The highest BCUT2D eigenvalue weighted by molar-refractivity contribution is 7.36. The smallest absolute Gasteiger partial charge is 0.0394 e. The summed E-state index contributed by atoms with van der Waals surface area (Å²) >= 11 is 0. The second kappa shape index (κ2) is 5.97. The number of aliphatic imine (C=N–C) groups is 1. The Balaban J connectivity index is 3.16. The molecular weight excluding hydrogens is 129 g/mol. The Hall–Kier alpha value is -0.160. The molecule has 0 aliphatic carbocycles. The Bertz CT molecular complexity index is 99.1. The van der Waals surface area contributed by atoms with Gasteiger partial charge < -0.3 is 0 Å². The van der Waals surface area contributed by atoms with E-state index in [0.29, 0.717) is 5.92 Å². The predicted molar refractivity (Wildman–Crippen MR) is 47.0 cm³/mol. The van der Waals surface area contributed by atoms with Gasteiger partial charge in [-0.2, -0.15) is 0 Å². The van der Waals surface area contributed by atoms with E-state index >= 15 is 0 Å². The van der Waals surface area contributed by atoms with Gasteiger partial charge >= 0.3 is 0 Å². The summed E-state index contributed by atoms with van der Waals surface area (Å²) in [5.41, 5.74) is 0. The van der Waals surface area contributed by atoms with Crippen molar-refractivity contribution in [3.05, 3.63) is 12.7 Å². The Labute approximate surface area is 59.5 Å². The van der Waals surface area contributed by atoms with E-state index in [4.69, 9.17) is 0 Å². The first-order valence-corrected chi connectivity index (χ1v) is 3.80. The molecule has 0 aliphatic heterocycles. The van der Waals surface area contributed by atoms with E-state index in [1.54, 1.807) is 5.96 Å². The molecule has 2 unspecified atom stereocenters. The van der Waals surface area contributed by atoms with E-state index in [9.17, 15) is 0 Å². The summed E-state index contributed by atoms with van der Waals surface area (Å²) < 4.78 is 0. The molecule has 0 saturated carbocycles. The van der Waals surface area contributed by atoms with Crippen LogP contribution in [0.1, 0.15) is 13.3 Å². The molecular formula is C7H14NP. The van der Waals surface area contributed by atoms with Crippen LogP contribution in [0.3, 0.4) is 0 Å². The molecule has 0 radical (unpaired) electrons. The van der Waals surface area contributed by atoms with Crippen molar-refractivity contribution in [2.45, 2.75) is 13.3 Å². The molecule has 0 aromatic rings. The number of rotatable bonds is 4. The summed E-state index contributed by atoms with van der Waals surface area (Å²) in [6.07, 6.45) is 3.06. The molecule has 0 amide bonds. The average molecular weight is 143 g/mol. The summed E-state index contributed by atoms with van der Waals surface area (Å²) in [4.78, 5) is 4.05. The SMILES string of the molecule is C=CC(C)CCN=CP. The molecule has 0 aromatic carbocycles. The third-order valence-electron chi connectivity index (χ3n) is 1.22. The van der Waals surface area contributed by atoms with E-state index in [2.05, 4.69) is 27.7 Å². The summed E-state index contributed by atoms with van der Waals surface area (Å²) in [7, 11) is 2.46. The van der Waals surface area contributed by atoms with Crippen LogP contribution in [0.15, 0.2) is 17.6 Å². The lowest BCUT2D eigenvalue weighted by Gasteiger charge is -1.99. The topological polar surface area (TPSA) is 12.4 Å². The van der Waals surface area contributed by atoms with E-state index in [0.717, 1.165) is 13.0 Å². The van der Waals surface area contributed by atoms with Gasteiger partial charge in [0.05, 0.1) is 0 Å². The zero-order chi connectivity index (χ0) is 7.11. The van der Waals surface area contributed by atoms with Gasteiger partial charge in [0.1, 0.15) is 0 Å².